The monoisotopic (exact) mass is 257 g/mol. The standard InChI is InChI=1S/C11H15NO2S2/c12-11(15)9-16(13,14)8-4-7-10-5-2-1-3-6-10/h1-3,5-6H,4,7-9H2,(H2,12,15). The van der Waals surface area contributed by atoms with Gasteiger partial charge in [-0.1, -0.05) is 42.5 Å². The summed E-state index contributed by atoms with van der Waals surface area (Å²) in [5, 5.41) is 0. The third-order valence-corrected chi connectivity index (χ3v) is 4.11. The van der Waals surface area contributed by atoms with Crippen LogP contribution < -0.4 is 5.73 Å². The topological polar surface area (TPSA) is 60.2 Å². The highest BCUT2D eigenvalue weighted by Crippen LogP contribution is 2.04. The van der Waals surface area contributed by atoms with Gasteiger partial charge in [-0.05, 0) is 18.4 Å². The number of rotatable bonds is 6. The zero-order valence-corrected chi connectivity index (χ0v) is 10.6. The molecule has 0 aliphatic carbocycles. The van der Waals surface area contributed by atoms with Crippen molar-refractivity contribution in [2.75, 3.05) is 11.5 Å². The van der Waals surface area contributed by atoms with E-state index in [4.69, 9.17) is 5.73 Å². The Morgan fingerprint density at radius 2 is 1.88 bits per heavy atom. The molecule has 0 spiro atoms. The number of hydrogen-bond acceptors (Lipinski definition) is 3. The van der Waals surface area contributed by atoms with Crippen molar-refractivity contribution in [2.45, 2.75) is 12.8 Å². The molecule has 0 atom stereocenters. The van der Waals surface area contributed by atoms with Crippen molar-refractivity contribution in [3.8, 4) is 0 Å². The van der Waals surface area contributed by atoms with Gasteiger partial charge in [0.15, 0.2) is 9.84 Å². The van der Waals surface area contributed by atoms with Gasteiger partial charge in [-0.25, -0.2) is 8.42 Å². The first-order valence-corrected chi connectivity index (χ1v) is 7.25. The minimum atomic E-state index is -3.12. The van der Waals surface area contributed by atoms with Crippen LogP contribution in [0.25, 0.3) is 0 Å². The second-order valence-corrected chi connectivity index (χ2v) is 6.36. The molecule has 0 fully saturated rings. The van der Waals surface area contributed by atoms with Gasteiger partial charge in [0.1, 0.15) is 5.75 Å². The molecule has 1 aromatic rings. The summed E-state index contributed by atoms with van der Waals surface area (Å²) < 4.78 is 22.9. The van der Waals surface area contributed by atoms with Gasteiger partial charge in [-0.3, -0.25) is 0 Å². The molecule has 3 nitrogen and oxygen atoms in total. The lowest BCUT2D eigenvalue weighted by atomic mass is 10.1. The average Bonchev–Trinajstić information content (AvgIpc) is 2.16. The van der Waals surface area contributed by atoms with Gasteiger partial charge in [0.2, 0.25) is 0 Å². The molecule has 0 unspecified atom stereocenters. The second-order valence-electron chi connectivity index (χ2n) is 3.65. The Kier molecular flexibility index (Phi) is 4.89. The van der Waals surface area contributed by atoms with Crippen LogP contribution in [0, 0.1) is 0 Å². The van der Waals surface area contributed by atoms with E-state index in [0.29, 0.717) is 6.42 Å². The van der Waals surface area contributed by atoms with Crippen molar-refractivity contribution in [3.63, 3.8) is 0 Å². The number of sulfone groups is 1. The molecule has 2 N–H and O–H groups in total. The summed E-state index contributed by atoms with van der Waals surface area (Å²) in [6.45, 7) is 0. The molecule has 0 saturated heterocycles. The van der Waals surface area contributed by atoms with Gasteiger partial charge >= 0.3 is 0 Å². The molecule has 5 heteroatoms. The Bertz CT molecular complexity index is 440. The van der Waals surface area contributed by atoms with Crippen molar-refractivity contribution in [1.82, 2.24) is 0 Å². The summed E-state index contributed by atoms with van der Waals surface area (Å²) in [4.78, 5) is 0.0414. The lowest BCUT2D eigenvalue weighted by Crippen LogP contribution is -2.23. The number of thiocarbonyl (C=S) groups is 1. The van der Waals surface area contributed by atoms with E-state index in [-0.39, 0.29) is 16.5 Å². The molecule has 1 rings (SSSR count). The fourth-order valence-electron chi connectivity index (χ4n) is 1.43. The summed E-state index contributed by atoms with van der Waals surface area (Å²) in [6.07, 6.45) is 1.37. The van der Waals surface area contributed by atoms with Gasteiger partial charge in [0, 0.05) is 0 Å². The van der Waals surface area contributed by atoms with Crippen LogP contribution in [0.3, 0.4) is 0 Å². The van der Waals surface area contributed by atoms with Gasteiger partial charge < -0.3 is 5.73 Å². The van der Waals surface area contributed by atoms with Crippen molar-refractivity contribution in [1.29, 1.82) is 0 Å². The highest BCUT2D eigenvalue weighted by molar-refractivity contribution is 7.93. The number of hydrogen-bond donors (Lipinski definition) is 1. The molecule has 0 aliphatic rings. The van der Waals surface area contributed by atoms with E-state index in [1.165, 1.54) is 0 Å². The molecule has 0 bridgehead atoms. The molecule has 0 aliphatic heterocycles. The van der Waals surface area contributed by atoms with Crippen LogP contribution in [0.4, 0.5) is 0 Å². The van der Waals surface area contributed by atoms with Crippen molar-refractivity contribution in [2.24, 2.45) is 5.73 Å². The molecular weight excluding hydrogens is 242 g/mol. The third-order valence-electron chi connectivity index (χ3n) is 2.13. The summed E-state index contributed by atoms with van der Waals surface area (Å²) in [6, 6.07) is 9.80. The Morgan fingerprint density at radius 1 is 1.25 bits per heavy atom. The lowest BCUT2D eigenvalue weighted by molar-refractivity contribution is 0.597. The van der Waals surface area contributed by atoms with Crippen LogP contribution in [0.2, 0.25) is 0 Å². The summed E-state index contributed by atoms with van der Waals surface area (Å²) in [5.41, 5.74) is 6.36. The highest BCUT2D eigenvalue weighted by atomic mass is 32.2. The quantitative estimate of drug-likeness (QED) is 0.781. The second kappa shape index (κ2) is 5.96. The predicted octanol–water partition coefficient (Wildman–Crippen LogP) is 1.32. The first-order valence-electron chi connectivity index (χ1n) is 5.02. The molecule has 16 heavy (non-hydrogen) atoms. The van der Waals surface area contributed by atoms with Crippen LogP contribution in [0.1, 0.15) is 12.0 Å². The van der Waals surface area contributed by atoms with E-state index in [1.807, 2.05) is 30.3 Å². The average molecular weight is 257 g/mol. The summed E-state index contributed by atoms with van der Waals surface area (Å²) >= 11 is 4.59. The van der Waals surface area contributed by atoms with Crippen LogP contribution in [-0.4, -0.2) is 24.9 Å². The van der Waals surface area contributed by atoms with Gasteiger partial charge in [0.25, 0.3) is 0 Å². The normalized spacial score (nSPS) is 11.2. The minimum absolute atomic E-state index is 0.0414. The van der Waals surface area contributed by atoms with Gasteiger partial charge in [0.05, 0.1) is 10.7 Å². The molecule has 0 heterocycles. The smallest absolute Gasteiger partial charge is 0.156 e. The minimum Gasteiger partial charge on any atom is -0.392 e. The third kappa shape index (κ3) is 5.23. The van der Waals surface area contributed by atoms with E-state index in [2.05, 4.69) is 12.2 Å². The fourth-order valence-corrected chi connectivity index (χ4v) is 3.13. The maximum absolute atomic E-state index is 11.5. The Balaban J connectivity index is 2.39. The van der Waals surface area contributed by atoms with Crippen LogP contribution in [0.15, 0.2) is 30.3 Å². The molecule has 1 aromatic carbocycles. The van der Waals surface area contributed by atoms with Crippen LogP contribution in [0.5, 0.6) is 0 Å². The molecular formula is C11H15NO2S2. The first kappa shape index (κ1) is 13.1. The van der Waals surface area contributed by atoms with Gasteiger partial charge in [-0.15, -0.1) is 0 Å². The first-order chi connectivity index (χ1) is 7.49. The van der Waals surface area contributed by atoms with Crippen LogP contribution >= 0.6 is 12.2 Å². The summed E-state index contributed by atoms with van der Waals surface area (Å²) in [5.74, 6) is -0.0453. The number of benzene rings is 1. The zero-order chi connectivity index (χ0) is 12.0. The summed E-state index contributed by atoms with van der Waals surface area (Å²) in [7, 11) is -3.12. The largest absolute Gasteiger partial charge is 0.392 e. The zero-order valence-electron chi connectivity index (χ0n) is 8.93. The Hall–Kier alpha value is -0.940. The molecule has 0 aromatic heterocycles. The van der Waals surface area contributed by atoms with Crippen molar-refractivity contribution < 1.29 is 8.42 Å². The Morgan fingerprint density at radius 3 is 2.44 bits per heavy atom. The number of aryl methyl sites for hydroxylation is 1. The molecule has 0 amide bonds. The van der Waals surface area contributed by atoms with E-state index >= 15 is 0 Å². The van der Waals surface area contributed by atoms with Crippen LogP contribution in [-0.2, 0) is 16.3 Å². The van der Waals surface area contributed by atoms with Crippen molar-refractivity contribution >= 4 is 27.0 Å². The van der Waals surface area contributed by atoms with E-state index in [0.717, 1.165) is 12.0 Å². The Labute approximate surface area is 102 Å². The predicted molar refractivity (Wildman–Crippen MR) is 70.2 cm³/mol. The maximum atomic E-state index is 11.5. The highest BCUT2D eigenvalue weighted by Gasteiger charge is 2.11. The van der Waals surface area contributed by atoms with Gasteiger partial charge in [-0.2, -0.15) is 0 Å². The van der Waals surface area contributed by atoms with E-state index < -0.39 is 9.84 Å². The van der Waals surface area contributed by atoms with Crippen molar-refractivity contribution in [3.05, 3.63) is 35.9 Å². The fraction of sp³-hybridized carbons (Fsp3) is 0.364. The molecule has 88 valence electrons. The SMILES string of the molecule is NC(=S)CS(=O)(=O)CCCc1ccccc1. The molecule has 0 saturated carbocycles. The van der Waals surface area contributed by atoms with E-state index in [9.17, 15) is 8.42 Å². The maximum Gasteiger partial charge on any atom is 0.156 e. The molecule has 0 radical (unpaired) electrons. The number of nitrogens with two attached hydrogens (primary N) is 1. The van der Waals surface area contributed by atoms with E-state index in [1.54, 1.807) is 0 Å². The lowest BCUT2D eigenvalue weighted by Gasteiger charge is -2.03.